The molecular formula is C7H16OSi. The van der Waals surface area contributed by atoms with Crippen LogP contribution in [0, 0.1) is 5.92 Å². The lowest BCUT2D eigenvalue weighted by Gasteiger charge is -2.09. The molecule has 0 rings (SSSR count). The Hall–Kier alpha value is -0.0831. The smallest absolute Gasteiger partial charge is 0.183 e. The maximum Gasteiger partial charge on any atom is 0.183 e. The average molecular weight is 144 g/mol. The molecule has 0 aliphatic heterocycles. The summed E-state index contributed by atoms with van der Waals surface area (Å²) in [5.74, 6) is 0.548. The summed E-state index contributed by atoms with van der Waals surface area (Å²) in [7, 11) is -0.924. The van der Waals surface area contributed by atoms with Gasteiger partial charge in [0.1, 0.15) is 0 Å². The molecule has 2 heteroatoms. The van der Waals surface area contributed by atoms with Crippen LogP contribution < -0.4 is 0 Å². The number of hydrogen-bond acceptors (Lipinski definition) is 1. The zero-order chi connectivity index (χ0) is 7.28. The zero-order valence-electron chi connectivity index (χ0n) is 6.35. The Labute approximate surface area is 59.7 Å². The standard InChI is InChI=1S/C7H16OSi/c1-4-5-6(2)7(3)9-8/h6,8H,3-5,9H2,1-2H3. The van der Waals surface area contributed by atoms with Crippen LogP contribution in [0.2, 0.25) is 0 Å². The third-order valence-electron chi connectivity index (χ3n) is 1.62. The molecule has 0 amide bonds. The lowest BCUT2D eigenvalue weighted by molar-refractivity contribution is 0.575. The van der Waals surface area contributed by atoms with E-state index < -0.39 is 9.76 Å². The molecule has 0 fully saturated rings. The van der Waals surface area contributed by atoms with Crippen LogP contribution in [0.5, 0.6) is 0 Å². The van der Waals surface area contributed by atoms with Crippen molar-refractivity contribution in [3.63, 3.8) is 0 Å². The molecule has 0 bridgehead atoms. The molecule has 0 saturated carbocycles. The maximum atomic E-state index is 8.77. The fourth-order valence-corrected chi connectivity index (χ4v) is 1.31. The van der Waals surface area contributed by atoms with Gasteiger partial charge in [-0.1, -0.05) is 25.5 Å². The van der Waals surface area contributed by atoms with E-state index >= 15 is 0 Å². The van der Waals surface area contributed by atoms with Crippen LogP contribution in [0.1, 0.15) is 26.7 Å². The van der Waals surface area contributed by atoms with E-state index in [4.69, 9.17) is 4.80 Å². The second kappa shape index (κ2) is 4.76. The van der Waals surface area contributed by atoms with Crippen molar-refractivity contribution in [3.8, 4) is 0 Å². The highest BCUT2D eigenvalue weighted by Gasteiger charge is 2.02. The molecule has 54 valence electrons. The van der Waals surface area contributed by atoms with Crippen molar-refractivity contribution >= 4 is 9.76 Å². The minimum Gasteiger partial charge on any atom is -0.434 e. The van der Waals surface area contributed by atoms with E-state index in [0.717, 1.165) is 5.20 Å². The molecule has 0 radical (unpaired) electrons. The molecule has 0 heterocycles. The van der Waals surface area contributed by atoms with Gasteiger partial charge in [-0.2, -0.15) is 0 Å². The quantitative estimate of drug-likeness (QED) is 0.584. The van der Waals surface area contributed by atoms with Crippen molar-refractivity contribution in [2.45, 2.75) is 26.7 Å². The molecule has 0 aliphatic carbocycles. The van der Waals surface area contributed by atoms with Crippen molar-refractivity contribution in [2.24, 2.45) is 5.92 Å². The van der Waals surface area contributed by atoms with Gasteiger partial charge in [0.25, 0.3) is 0 Å². The van der Waals surface area contributed by atoms with Crippen LogP contribution in [0.15, 0.2) is 11.8 Å². The van der Waals surface area contributed by atoms with E-state index in [-0.39, 0.29) is 0 Å². The van der Waals surface area contributed by atoms with Gasteiger partial charge in [-0.3, -0.25) is 0 Å². The first-order valence-corrected chi connectivity index (χ1v) is 4.84. The Bertz CT molecular complexity index is 90.9. The summed E-state index contributed by atoms with van der Waals surface area (Å²) in [6, 6.07) is 0. The predicted molar refractivity (Wildman–Crippen MR) is 44.0 cm³/mol. The summed E-state index contributed by atoms with van der Waals surface area (Å²) >= 11 is 0. The van der Waals surface area contributed by atoms with Crippen LogP contribution in [-0.2, 0) is 0 Å². The predicted octanol–water partition coefficient (Wildman–Crippen LogP) is 1.01. The number of allylic oxidation sites excluding steroid dienone is 1. The van der Waals surface area contributed by atoms with E-state index in [1.807, 2.05) is 0 Å². The monoisotopic (exact) mass is 144 g/mol. The van der Waals surface area contributed by atoms with Crippen LogP contribution >= 0.6 is 0 Å². The van der Waals surface area contributed by atoms with Crippen molar-refractivity contribution in [2.75, 3.05) is 0 Å². The fraction of sp³-hybridized carbons (Fsp3) is 0.714. The molecule has 1 unspecified atom stereocenters. The minimum atomic E-state index is -0.924. The zero-order valence-corrected chi connectivity index (χ0v) is 7.77. The Morgan fingerprint density at radius 1 is 1.78 bits per heavy atom. The third kappa shape index (κ3) is 3.49. The molecule has 0 aliphatic rings. The summed E-state index contributed by atoms with van der Waals surface area (Å²) in [6.07, 6.45) is 2.36. The van der Waals surface area contributed by atoms with Gasteiger partial charge >= 0.3 is 0 Å². The lowest BCUT2D eigenvalue weighted by atomic mass is 10.1. The summed E-state index contributed by atoms with van der Waals surface area (Å²) in [5.41, 5.74) is 0. The van der Waals surface area contributed by atoms with Crippen molar-refractivity contribution in [1.82, 2.24) is 0 Å². The van der Waals surface area contributed by atoms with Gasteiger partial charge in [0, 0.05) is 0 Å². The van der Waals surface area contributed by atoms with Gasteiger partial charge < -0.3 is 4.80 Å². The Kier molecular flexibility index (Phi) is 4.72. The second-order valence-corrected chi connectivity index (χ2v) is 3.73. The second-order valence-electron chi connectivity index (χ2n) is 2.51. The molecule has 0 aromatic carbocycles. The highest BCUT2D eigenvalue weighted by molar-refractivity contribution is 6.36. The van der Waals surface area contributed by atoms with Crippen LogP contribution in [0.25, 0.3) is 0 Å². The summed E-state index contributed by atoms with van der Waals surface area (Å²) in [4.78, 5) is 8.77. The van der Waals surface area contributed by atoms with Crippen LogP contribution in [-0.4, -0.2) is 14.6 Å². The molecule has 9 heavy (non-hydrogen) atoms. The largest absolute Gasteiger partial charge is 0.434 e. The van der Waals surface area contributed by atoms with E-state index in [1.165, 1.54) is 12.8 Å². The Balaban J connectivity index is 3.45. The topological polar surface area (TPSA) is 20.2 Å². The van der Waals surface area contributed by atoms with Gasteiger partial charge in [-0.05, 0) is 12.3 Å². The molecule has 0 saturated heterocycles. The highest BCUT2D eigenvalue weighted by Crippen LogP contribution is 2.11. The van der Waals surface area contributed by atoms with Gasteiger partial charge in [0.2, 0.25) is 0 Å². The maximum absolute atomic E-state index is 8.77. The van der Waals surface area contributed by atoms with Crippen molar-refractivity contribution < 1.29 is 4.80 Å². The van der Waals surface area contributed by atoms with Gasteiger partial charge in [0.15, 0.2) is 9.76 Å². The first kappa shape index (κ1) is 8.92. The Morgan fingerprint density at radius 2 is 2.33 bits per heavy atom. The first-order chi connectivity index (χ1) is 4.22. The van der Waals surface area contributed by atoms with Crippen molar-refractivity contribution in [1.29, 1.82) is 0 Å². The number of hydrogen-bond donors (Lipinski definition) is 1. The minimum absolute atomic E-state index is 0.548. The van der Waals surface area contributed by atoms with E-state index in [1.54, 1.807) is 0 Å². The summed E-state index contributed by atoms with van der Waals surface area (Å²) < 4.78 is 0. The van der Waals surface area contributed by atoms with Crippen LogP contribution in [0.3, 0.4) is 0 Å². The molecule has 0 aromatic rings. The van der Waals surface area contributed by atoms with Gasteiger partial charge in [0.05, 0.1) is 0 Å². The molecule has 1 atom stereocenters. The van der Waals surface area contributed by atoms with Crippen LogP contribution in [0.4, 0.5) is 0 Å². The molecule has 0 aromatic heterocycles. The summed E-state index contributed by atoms with van der Waals surface area (Å²) in [6.45, 7) is 8.09. The third-order valence-corrected chi connectivity index (χ3v) is 2.72. The van der Waals surface area contributed by atoms with Gasteiger partial charge in [-0.25, -0.2) is 0 Å². The summed E-state index contributed by atoms with van der Waals surface area (Å²) in [5, 5.41) is 1.09. The Morgan fingerprint density at radius 3 is 2.67 bits per heavy atom. The van der Waals surface area contributed by atoms with E-state index in [0.29, 0.717) is 5.92 Å². The molecular weight excluding hydrogens is 128 g/mol. The molecule has 1 nitrogen and oxygen atoms in total. The molecule has 1 N–H and O–H groups in total. The van der Waals surface area contributed by atoms with E-state index in [2.05, 4.69) is 20.4 Å². The highest BCUT2D eigenvalue weighted by atomic mass is 28.2. The normalized spacial score (nSPS) is 14.6. The fourth-order valence-electron chi connectivity index (χ4n) is 0.793. The first-order valence-electron chi connectivity index (χ1n) is 3.50. The van der Waals surface area contributed by atoms with E-state index in [9.17, 15) is 0 Å². The number of rotatable bonds is 4. The van der Waals surface area contributed by atoms with Crippen molar-refractivity contribution in [3.05, 3.63) is 11.8 Å². The lowest BCUT2D eigenvalue weighted by Crippen LogP contribution is -2.04. The molecule has 0 spiro atoms. The average Bonchev–Trinajstić information content (AvgIpc) is 1.87. The van der Waals surface area contributed by atoms with Gasteiger partial charge in [-0.15, -0.1) is 6.58 Å². The SMILES string of the molecule is C=C([SiH2]O)C(C)CCC.